The molecule has 0 saturated heterocycles. The molecule has 0 bridgehead atoms. The summed E-state index contributed by atoms with van der Waals surface area (Å²) in [6, 6.07) is 4.19. The summed E-state index contributed by atoms with van der Waals surface area (Å²) >= 11 is 5.79. The third kappa shape index (κ3) is 4.45. The molecule has 0 saturated carbocycles. The van der Waals surface area contributed by atoms with Crippen molar-refractivity contribution in [1.82, 2.24) is 4.90 Å². The number of aliphatic hydroxyl groups excluding tert-OH is 1. The van der Waals surface area contributed by atoms with Gasteiger partial charge in [-0.3, -0.25) is 4.79 Å². The van der Waals surface area contributed by atoms with Crippen molar-refractivity contribution in [3.63, 3.8) is 0 Å². The van der Waals surface area contributed by atoms with Crippen LogP contribution in [0.1, 0.15) is 27.0 Å². The molecule has 0 aliphatic carbocycles. The number of ether oxygens (including phenoxy) is 1. The molecule has 0 spiro atoms. The monoisotopic (exact) mass is 435 g/mol. The van der Waals surface area contributed by atoms with E-state index in [-0.39, 0.29) is 48.3 Å². The molecule has 0 fully saturated rings. The predicted molar refractivity (Wildman–Crippen MR) is 109 cm³/mol. The van der Waals surface area contributed by atoms with Crippen LogP contribution in [0.15, 0.2) is 23.4 Å². The second kappa shape index (κ2) is 9.91. The molecule has 0 aromatic heterocycles. The molecule has 0 radical (unpaired) electrons. The number of phenols is 1. The van der Waals surface area contributed by atoms with Crippen molar-refractivity contribution in [1.29, 1.82) is 0 Å². The summed E-state index contributed by atoms with van der Waals surface area (Å²) in [6.45, 7) is 2.39. The first kappa shape index (κ1) is 22.9. The van der Waals surface area contributed by atoms with Crippen molar-refractivity contribution in [2.45, 2.75) is 20.0 Å². The number of carbonyl (C=O) groups is 1. The Hall–Kier alpha value is -3.35. The highest BCUT2D eigenvalue weighted by Gasteiger charge is 2.36. The maximum atomic E-state index is 13.3. The van der Waals surface area contributed by atoms with Crippen LogP contribution < -0.4 is 10.5 Å². The van der Waals surface area contributed by atoms with Crippen molar-refractivity contribution < 1.29 is 24.1 Å². The number of halogens is 2. The molecular formula is C20H19ClFN3O5. The molecule has 0 unspecified atom stereocenters. The average Bonchev–Trinajstić information content (AvgIpc) is 3.03. The maximum absolute atomic E-state index is 13.3. The van der Waals surface area contributed by atoms with Crippen molar-refractivity contribution in [2.75, 3.05) is 13.2 Å². The van der Waals surface area contributed by atoms with Gasteiger partial charge in [0.25, 0.3) is 5.91 Å². The van der Waals surface area contributed by atoms with Crippen LogP contribution in [0.3, 0.4) is 0 Å². The van der Waals surface area contributed by atoms with Gasteiger partial charge in [0.2, 0.25) is 0 Å². The normalized spacial score (nSPS) is 12.0. The van der Waals surface area contributed by atoms with Crippen molar-refractivity contribution in [3.05, 3.63) is 56.2 Å². The van der Waals surface area contributed by atoms with Gasteiger partial charge in [-0.15, -0.1) is 4.91 Å². The SMILES string of the molecule is C#CO.Cc1c2c(c(O)c(N=O)c1OCCN)C(=O)N(Cc1ccc(F)c(Cl)c1)C2. The van der Waals surface area contributed by atoms with Gasteiger partial charge in [-0.1, -0.05) is 24.1 Å². The van der Waals surface area contributed by atoms with Crippen LogP contribution in [-0.2, 0) is 13.1 Å². The summed E-state index contributed by atoms with van der Waals surface area (Å²) < 4.78 is 18.8. The minimum Gasteiger partial charge on any atom is -0.505 e. The number of phenolic OH excluding ortho intramolecular Hbond substituents is 1. The largest absolute Gasteiger partial charge is 0.505 e. The van der Waals surface area contributed by atoms with E-state index in [2.05, 4.69) is 11.6 Å². The Labute approximate surface area is 177 Å². The molecule has 2 aromatic rings. The smallest absolute Gasteiger partial charge is 0.258 e. The topological polar surface area (TPSA) is 125 Å². The van der Waals surface area contributed by atoms with Crippen molar-refractivity contribution in [2.24, 2.45) is 10.9 Å². The Morgan fingerprint density at radius 3 is 2.70 bits per heavy atom. The van der Waals surface area contributed by atoms with Gasteiger partial charge in [0, 0.05) is 19.6 Å². The van der Waals surface area contributed by atoms with Crippen LogP contribution in [-0.4, -0.2) is 34.2 Å². The number of nitrogens with zero attached hydrogens (tertiary/aromatic N) is 2. The van der Waals surface area contributed by atoms with E-state index >= 15 is 0 Å². The fourth-order valence-corrected chi connectivity index (χ4v) is 3.33. The molecule has 10 heteroatoms. The van der Waals surface area contributed by atoms with Crippen LogP contribution >= 0.6 is 11.6 Å². The molecule has 1 aliphatic rings. The van der Waals surface area contributed by atoms with E-state index in [0.29, 0.717) is 16.7 Å². The Balaban J connectivity index is 0.00000101. The summed E-state index contributed by atoms with van der Waals surface area (Å²) in [6.07, 6.45) is 5.40. The van der Waals surface area contributed by atoms with Gasteiger partial charge in [0.15, 0.2) is 17.2 Å². The highest BCUT2D eigenvalue weighted by molar-refractivity contribution is 6.30. The summed E-state index contributed by atoms with van der Waals surface area (Å²) in [7, 11) is 0. The highest BCUT2D eigenvalue weighted by Crippen LogP contribution is 2.47. The summed E-state index contributed by atoms with van der Waals surface area (Å²) in [4.78, 5) is 25.5. The molecule has 2 aromatic carbocycles. The van der Waals surface area contributed by atoms with E-state index in [1.807, 2.05) is 0 Å². The number of benzene rings is 2. The molecule has 4 N–H and O–H groups in total. The van der Waals surface area contributed by atoms with E-state index in [0.717, 1.165) is 0 Å². The average molecular weight is 436 g/mol. The fraction of sp³-hybridized carbons (Fsp3) is 0.250. The van der Waals surface area contributed by atoms with Crippen LogP contribution in [0.2, 0.25) is 5.02 Å². The Morgan fingerprint density at radius 1 is 1.47 bits per heavy atom. The second-order valence-corrected chi connectivity index (χ2v) is 6.68. The Bertz CT molecular complexity index is 1020. The maximum Gasteiger partial charge on any atom is 0.258 e. The Kier molecular flexibility index (Phi) is 7.58. The zero-order valence-electron chi connectivity index (χ0n) is 16.0. The summed E-state index contributed by atoms with van der Waals surface area (Å²) in [5.41, 5.74) is 6.85. The van der Waals surface area contributed by atoms with Crippen molar-refractivity contribution >= 4 is 23.2 Å². The number of nitroso groups, excluding NO2 is 1. The lowest BCUT2D eigenvalue weighted by molar-refractivity contribution is 0.0764. The third-order valence-corrected chi connectivity index (χ3v) is 4.72. The minimum atomic E-state index is -0.548. The minimum absolute atomic E-state index is 0.0235. The molecular weight excluding hydrogens is 417 g/mol. The van der Waals surface area contributed by atoms with Gasteiger partial charge in [-0.2, -0.15) is 0 Å². The third-order valence-electron chi connectivity index (χ3n) is 4.43. The molecule has 30 heavy (non-hydrogen) atoms. The van der Waals surface area contributed by atoms with Crippen LogP contribution in [0.4, 0.5) is 10.1 Å². The number of hydrogen-bond donors (Lipinski definition) is 3. The Morgan fingerprint density at radius 2 is 2.13 bits per heavy atom. The fourth-order valence-electron chi connectivity index (χ4n) is 3.13. The number of aromatic hydroxyl groups is 1. The number of aliphatic hydroxyl groups is 1. The van der Waals surface area contributed by atoms with Crippen LogP contribution in [0, 0.1) is 30.2 Å². The number of nitrogens with two attached hydrogens (primary N) is 1. The zero-order valence-corrected chi connectivity index (χ0v) is 16.7. The first-order valence-corrected chi connectivity index (χ1v) is 9.05. The van der Waals surface area contributed by atoms with E-state index < -0.39 is 17.5 Å². The van der Waals surface area contributed by atoms with Gasteiger partial charge in [0.1, 0.15) is 18.5 Å². The van der Waals surface area contributed by atoms with Crippen LogP contribution in [0.5, 0.6) is 11.5 Å². The van der Waals surface area contributed by atoms with Gasteiger partial charge in [-0.25, -0.2) is 4.39 Å². The number of terminal acetylenes is 1. The van der Waals surface area contributed by atoms with E-state index in [9.17, 15) is 19.2 Å². The van der Waals surface area contributed by atoms with Crippen LogP contribution in [0.25, 0.3) is 0 Å². The number of amides is 1. The number of rotatable bonds is 6. The lowest BCUT2D eigenvalue weighted by atomic mass is 10.0. The van der Waals surface area contributed by atoms with Gasteiger partial charge >= 0.3 is 0 Å². The van der Waals surface area contributed by atoms with Gasteiger partial charge in [-0.05, 0) is 40.9 Å². The molecule has 158 valence electrons. The molecule has 1 heterocycles. The first-order valence-electron chi connectivity index (χ1n) is 8.68. The lowest BCUT2D eigenvalue weighted by Crippen LogP contribution is -2.23. The predicted octanol–water partition coefficient (Wildman–Crippen LogP) is 3.33. The molecule has 0 atom stereocenters. The number of carbonyl (C=O) groups excluding carboxylic acids is 1. The second-order valence-electron chi connectivity index (χ2n) is 6.27. The summed E-state index contributed by atoms with van der Waals surface area (Å²) in [5, 5.41) is 20.3. The van der Waals surface area contributed by atoms with Crippen molar-refractivity contribution in [3.8, 4) is 24.0 Å². The zero-order chi connectivity index (χ0) is 22.4. The lowest BCUT2D eigenvalue weighted by Gasteiger charge is -2.16. The number of fused-ring (bicyclic) bond motifs is 1. The molecule has 3 rings (SSSR count). The molecule has 1 aliphatic heterocycles. The molecule has 1 amide bonds. The quantitative estimate of drug-likeness (QED) is 0.472. The van der Waals surface area contributed by atoms with E-state index in [1.54, 1.807) is 6.92 Å². The standard InChI is InChI=1S/C18H17ClFN3O4.C2H2O/c1-9-11-8-23(7-10-2-3-13(20)12(19)6-10)18(25)14(11)16(24)15(22-26)17(9)27-5-4-21;1-2-3/h2-3,6,24H,4-5,7-8,21H2,1H3;1,3H. The summed E-state index contributed by atoms with van der Waals surface area (Å²) in [5.74, 6) is -1.40. The van der Waals surface area contributed by atoms with Gasteiger partial charge < -0.3 is 25.6 Å². The molecule has 8 nitrogen and oxygen atoms in total. The first-order chi connectivity index (χ1) is 14.3. The van der Waals surface area contributed by atoms with E-state index in [1.165, 1.54) is 29.2 Å². The number of hydrogen-bond acceptors (Lipinski definition) is 7. The van der Waals surface area contributed by atoms with E-state index in [4.69, 9.17) is 27.2 Å². The highest BCUT2D eigenvalue weighted by atomic mass is 35.5. The van der Waals surface area contributed by atoms with Gasteiger partial charge in [0.05, 0.1) is 10.6 Å².